The van der Waals surface area contributed by atoms with Crippen molar-refractivity contribution < 1.29 is 9.59 Å². The zero-order chi connectivity index (χ0) is 21.6. The van der Waals surface area contributed by atoms with Crippen molar-refractivity contribution in [2.24, 2.45) is 0 Å². The number of aromatic amines is 1. The standard InChI is InChI=1S/C26H25N3O2/c1-18(29-26(31)20-12-6-3-7-13-20)25(30)28-16-22(19-10-4-2-5-11-19)23-17-27-24-15-9-8-14-21(23)24/h2-15,17-18,22,27H,16H2,1H3,(H,28,30)(H,29,31). The Hall–Kier alpha value is -3.86. The molecule has 0 aliphatic rings. The molecule has 5 heteroatoms. The summed E-state index contributed by atoms with van der Waals surface area (Å²) in [6.07, 6.45) is 2.01. The Bertz CT molecular complexity index is 1170. The van der Waals surface area contributed by atoms with Crippen LogP contribution in [-0.2, 0) is 4.79 Å². The number of para-hydroxylation sites is 1. The zero-order valence-electron chi connectivity index (χ0n) is 17.3. The number of benzene rings is 3. The first-order valence-electron chi connectivity index (χ1n) is 10.4. The maximum Gasteiger partial charge on any atom is 0.251 e. The van der Waals surface area contributed by atoms with E-state index in [2.05, 4.69) is 33.8 Å². The van der Waals surface area contributed by atoms with Gasteiger partial charge in [-0.1, -0.05) is 66.7 Å². The van der Waals surface area contributed by atoms with Crippen LogP contribution < -0.4 is 10.6 Å². The van der Waals surface area contributed by atoms with Crippen LogP contribution >= 0.6 is 0 Å². The first-order chi connectivity index (χ1) is 15.1. The van der Waals surface area contributed by atoms with Crippen LogP contribution in [0.5, 0.6) is 0 Å². The fraction of sp³-hybridized carbons (Fsp3) is 0.154. The number of nitrogens with one attached hydrogen (secondary N) is 3. The molecule has 1 aromatic heterocycles. The van der Waals surface area contributed by atoms with Gasteiger partial charge in [0.15, 0.2) is 0 Å². The zero-order valence-corrected chi connectivity index (χ0v) is 17.3. The summed E-state index contributed by atoms with van der Waals surface area (Å²) in [7, 11) is 0. The number of hydrogen-bond donors (Lipinski definition) is 3. The summed E-state index contributed by atoms with van der Waals surface area (Å²) in [5.74, 6) is -0.497. The molecule has 5 nitrogen and oxygen atoms in total. The van der Waals surface area contributed by atoms with Crippen molar-refractivity contribution in [2.45, 2.75) is 18.9 Å². The predicted octanol–water partition coefficient (Wildman–Crippen LogP) is 4.23. The van der Waals surface area contributed by atoms with Gasteiger partial charge in [0.25, 0.3) is 5.91 Å². The molecule has 4 rings (SSSR count). The highest BCUT2D eigenvalue weighted by atomic mass is 16.2. The van der Waals surface area contributed by atoms with Crippen molar-refractivity contribution >= 4 is 22.7 Å². The van der Waals surface area contributed by atoms with Crippen LogP contribution in [0.15, 0.2) is 91.1 Å². The molecule has 0 bridgehead atoms. The lowest BCUT2D eigenvalue weighted by Gasteiger charge is -2.20. The Morgan fingerprint density at radius 2 is 1.52 bits per heavy atom. The van der Waals surface area contributed by atoms with Gasteiger partial charge in [-0.25, -0.2) is 0 Å². The SMILES string of the molecule is CC(NC(=O)c1ccccc1)C(=O)NCC(c1ccccc1)c1c[nH]c2ccccc12. The minimum atomic E-state index is -0.646. The molecule has 4 aromatic rings. The molecule has 0 radical (unpaired) electrons. The normalized spacial score (nSPS) is 12.8. The summed E-state index contributed by atoms with van der Waals surface area (Å²) in [5, 5.41) is 6.93. The Morgan fingerprint density at radius 1 is 0.871 bits per heavy atom. The van der Waals surface area contributed by atoms with Crippen LogP contribution in [0.25, 0.3) is 10.9 Å². The maximum atomic E-state index is 12.7. The van der Waals surface area contributed by atoms with E-state index in [4.69, 9.17) is 0 Å². The highest BCUT2D eigenvalue weighted by molar-refractivity contribution is 5.97. The number of fused-ring (bicyclic) bond motifs is 1. The molecule has 0 aliphatic carbocycles. The number of amides is 2. The van der Waals surface area contributed by atoms with Gasteiger partial charge in [0.2, 0.25) is 5.91 Å². The third-order valence-electron chi connectivity index (χ3n) is 5.46. The van der Waals surface area contributed by atoms with Crippen LogP contribution in [0.3, 0.4) is 0 Å². The van der Waals surface area contributed by atoms with Crippen LogP contribution in [0.4, 0.5) is 0 Å². The Labute approximate surface area is 181 Å². The number of carbonyl (C=O) groups excluding carboxylic acids is 2. The van der Waals surface area contributed by atoms with Crippen LogP contribution in [0.2, 0.25) is 0 Å². The van der Waals surface area contributed by atoms with Crippen molar-refractivity contribution in [2.75, 3.05) is 6.54 Å². The molecule has 0 fully saturated rings. The molecule has 2 amide bonds. The van der Waals surface area contributed by atoms with Gasteiger partial charge in [0.05, 0.1) is 0 Å². The molecule has 156 valence electrons. The van der Waals surface area contributed by atoms with Crippen molar-refractivity contribution in [1.82, 2.24) is 15.6 Å². The van der Waals surface area contributed by atoms with Gasteiger partial charge in [0, 0.05) is 35.1 Å². The number of hydrogen-bond acceptors (Lipinski definition) is 2. The third kappa shape index (κ3) is 4.67. The van der Waals surface area contributed by atoms with E-state index in [1.165, 1.54) is 0 Å². The summed E-state index contributed by atoms with van der Waals surface area (Å²) in [5.41, 5.74) is 3.84. The highest BCUT2D eigenvalue weighted by Crippen LogP contribution is 2.30. The van der Waals surface area contributed by atoms with E-state index in [0.717, 1.165) is 22.0 Å². The minimum Gasteiger partial charge on any atom is -0.361 e. The van der Waals surface area contributed by atoms with Crippen molar-refractivity contribution in [3.63, 3.8) is 0 Å². The highest BCUT2D eigenvalue weighted by Gasteiger charge is 2.21. The van der Waals surface area contributed by atoms with Gasteiger partial charge in [-0.05, 0) is 36.2 Å². The molecule has 0 saturated carbocycles. The number of rotatable bonds is 7. The van der Waals surface area contributed by atoms with Crippen LogP contribution in [0.1, 0.15) is 34.3 Å². The Morgan fingerprint density at radius 3 is 2.26 bits per heavy atom. The second kappa shape index (κ2) is 9.30. The van der Waals surface area contributed by atoms with E-state index in [-0.39, 0.29) is 17.7 Å². The van der Waals surface area contributed by atoms with Gasteiger partial charge in [0.1, 0.15) is 6.04 Å². The van der Waals surface area contributed by atoms with Crippen LogP contribution in [0, 0.1) is 0 Å². The maximum absolute atomic E-state index is 12.7. The van der Waals surface area contributed by atoms with E-state index >= 15 is 0 Å². The van der Waals surface area contributed by atoms with E-state index in [1.54, 1.807) is 31.2 Å². The Kier molecular flexibility index (Phi) is 6.13. The largest absolute Gasteiger partial charge is 0.361 e. The van der Waals surface area contributed by atoms with E-state index in [1.807, 2.05) is 48.7 Å². The van der Waals surface area contributed by atoms with Crippen molar-refractivity contribution in [1.29, 1.82) is 0 Å². The molecular weight excluding hydrogens is 386 g/mol. The molecule has 0 spiro atoms. The van der Waals surface area contributed by atoms with E-state index in [9.17, 15) is 9.59 Å². The molecular formula is C26H25N3O2. The van der Waals surface area contributed by atoms with Crippen molar-refractivity contribution in [3.8, 4) is 0 Å². The van der Waals surface area contributed by atoms with Crippen LogP contribution in [-0.4, -0.2) is 29.4 Å². The average molecular weight is 412 g/mol. The quantitative estimate of drug-likeness (QED) is 0.426. The molecule has 31 heavy (non-hydrogen) atoms. The van der Waals surface area contributed by atoms with Gasteiger partial charge in [-0.2, -0.15) is 0 Å². The molecule has 3 N–H and O–H groups in total. The fourth-order valence-electron chi connectivity index (χ4n) is 3.77. The summed E-state index contributed by atoms with van der Waals surface area (Å²) in [6.45, 7) is 2.12. The summed E-state index contributed by atoms with van der Waals surface area (Å²) >= 11 is 0. The van der Waals surface area contributed by atoms with Crippen molar-refractivity contribution in [3.05, 3.63) is 108 Å². The van der Waals surface area contributed by atoms with Gasteiger partial charge in [-0.3, -0.25) is 9.59 Å². The molecule has 0 saturated heterocycles. The molecule has 2 unspecified atom stereocenters. The molecule has 2 atom stereocenters. The molecule has 3 aromatic carbocycles. The second-order valence-electron chi connectivity index (χ2n) is 7.56. The topological polar surface area (TPSA) is 74.0 Å². The van der Waals surface area contributed by atoms with Gasteiger partial charge >= 0.3 is 0 Å². The third-order valence-corrected chi connectivity index (χ3v) is 5.46. The van der Waals surface area contributed by atoms with E-state index in [0.29, 0.717) is 12.1 Å². The average Bonchev–Trinajstić information content (AvgIpc) is 3.24. The van der Waals surface area contributed by atoms with Gasteiger partial charge in [-0.15, -0.1) is 0 Å². The van der Waals surface area contributed by atoms with E-state index < -0.39 is 6.04 Å². The first kappa shape index (κ1) is 20.4. The smallest absolute Gasteiger partial charge is 0.251 e. The van der Waals surface area contributed by atoms with Gasteiger partial charge < -0.3 is 15.6 Å². The summed E-state index contributed by atoms with van der Waals surface area (Å²) in [4.78, 5) is 28.4. The number of carbonyl (C=O) groups is 2. The Balaban J connectivity index is 1.49. The summed E-state index contributed by atoms with van der Waals surface area (Å²) in [6, 6.07) is 26.5. The number of aromatic nitrogens is 1. The molecule has 1 heterocycles. The number of H-pyrrole nitrogens is 1. The lowest BCUT2D eigenvalue weighted by molar-refractivity contribution is -0.122. The molecule has 0 aliphatic heterocycles. The lowest BCUT2D eigenvalue weighted by Crippen LogP contribution is -2.45. The fourth-order valence-corrected chi connectivity index (χ4v) is 3.77. The minimum absolute atomic E-state index is 0.0154. The first-order valence-corrected chi connectivity index (χ1v) is 10.4. The second-order valence-corrected chi connectivity index (χ2v) is 7.56. The lowest BCUT2D eigenvalue weighted by atomic mass is 9.91. The summed E-state index contributed by atoms with van der Waals surface area (Å²) < 4.78 is 0. The predicted molar refractivity (Wildman–Crippen MR) is 123 cm³/mol. The monoisotopic (exact) mass is 411 g/mol.